The lowest BCUT2D eigenvalue weighted by molar-refractivity contribution is 0.0239. The molecule has 2 bridgehead atoms. The Labute approximate surface area is 302 Å². The molecule has 3 aliphatic heterocycles. The fourth-order valence-corrected chi connectivity index (χ4v) is 8.96. The lowest BCUT2D eigenvalue weighted by atomic mass is 9.79. The third kappa shape index (κ3) is 7.40. The number of rotatable bonds is 8. The monoisotopic (exact) mass is 769 g/mol. The highest BCUT2D eigenvalue weighted by molar-refractivity contribution is 9.10. The number of amides is 2. The number of halogens is 2. The van der Waals surface area contributed by atoms with Crippen molar-refractivity contribution in [2.24, 2.45) is 11.8 Å². The Hall–Kier alpha value is -3.00. The lowest BCUT2D eigenvalue weighted by Gasteiger charge is -2.38. The normalized spacial score (nSPS) is 25.2. The fourth-order valence-electron chi connectivity index (χ4n) is 7.21. The van der Waals surface area contributed by atoms with Crippen molar-refractivity contribution in [2.45, 2.75) is 113 Å². The minimum Gasteiger partial charge on any atom is -0.450 e. The standard InChI is InChI=1S/C36H45BrFN5O4SSi/c1-36(2,3)47-34(44)42-19-22-18-27(42)30(22)40-31-24(33(48-4)41-32-25(31)16-20(9-8-12-39)28(37)29(32)38)11-10-23-15-21-17-26(21)43(23)35(45)46-13-14-49(5,6)7/h16,21-23,26-27,30H,8-9,13-15,17-19H2,1-7H3,(H,40,41)/t21-,22+,23-,26+,27+,30-/m0/s1. The quantitative estimate of drug-likeness (QED) is 0.164. The van der Waals surface area contributed by atoms with Crippen LogP contribution in [0.15, 0.2) is 15.6 Å². The lowest BCUT2D eigenvalue weighted by Crippen LogP contribution is -2.50. The third-order valence-corrected chi connectivity index (χ3v) is 13.1. The Bertz CT molecular complexity index is 1780. The predicted octanol–water partition coefficient (Wildman–Crippen LogP) is 8.02. The molecule has 7 rings (SSSR count). The highest BCUT2D eigenvalue weighted by Gasteiger charge is 2.56. The van der Waals surface area contributed by atoms with Gasteiger partial charge >= 0.3 is 12.2 Å². The van der Waals surface area contributed by atoms with Crippen LogP contribution in [0.2, 0.25) is 25.7 Å². The minimum absolute atomic E-state index is 0.0803. The van der Waals surface area contributed by atoms with E-state index in [1.807, 2.05) is 38.0 Å². The molecular formula is C36H45BrFN5O4SSi. The minimum atomic E-state index is -1.36. The van der Waals surface area contributed by atoms with E-state index in [9.17, 15) is 14.9 Å². The summed E-state index contributed by atoms with van der Waals surface area (Å²) in [7, 11) is -1.36. The maximum atomic E-state index is 16.0. The van der Waals surface area contributed by atoms with Gasteiger partial charge in [0, 0.05) is 38.4 Å². The van der Waals surface area contributed by atoms with Crippen molar-refractivity contribution in [3.8, 4) is 17.9 Å². The molecule has 3 saturated heterocycles. The van der Waals surface area contributed by atoms with Gasteiger partial charge in [-0.1, -0.05) is 31.5 Å². The number of benzene rings is 1. The van der Waals surface area contributed by atoms with Crippen LogP contribution in [0.1, 0.15) is 57.6 Å². The van der Waals surface area contributed by atoms with E-state index < -0.39 is 19.5 Å². The van der Waals surface area contributed by atoms with E-state index in [1.165, 1.54) is 11.8 Å². The number of likely N-dealkylation sites (tertiary alicyclic amines) is 1. The Balaban J connectivity index is 1.38. The van der Waals surface area contributed by atoms with Crippen LogP contribution in [0.25, 0.3) is 10.9 Å². The third-order valence-electron chi connectivity index (χ3n) is 9.90. The summed E-state index contributed by atoms with van der Waals surface area (Å²) < 4.78 is 27.8. The molecule has 1 N–H and O–H groups in total. The number of hydrogen-bond donors (Lipinski definition) is 1. The number of fused-ring (bicyclic) bond motifs is 3. The summed E-state index contributed by atoms with van der Waals surface area (Å²) in [6.45, 7) is 13.3. The molecule has 13 heteroatoms. The molecule has 49 heavy (non-hydrogen) atoms. The van der Waals surface area contributed by atoms with Crippen molar-refractivity contribution >= 4 is 64.5 Å². The molecule has 5 fully saturated rings. The summed E-state index contributed by atoms with van der Waals surface area (Å²) >= 11 is 4.81. The number of thioether (sulfide) groups is 1. The van der Waals surface area contributed by atoms with Gasteiger partial charge in [-0.05, 0) is 92.2 Å². The molecular weight excluding hydrogens is 725 g/mol. The van der Waals surface area contributed by atoms with Gasteiger partial charge in [0.25, 0.3) is 0 Å². The number of ether oxygens (including phenoxy) is 2. The van der Waals surface area contributed by atoms with Gasteiger partial charge in [-0.3, -0.25) is 4.90 Å². The number of carbonyl (C=O) groups is 2. The first kappa shape index (κ1) is 35.8. The molecule has 2 saturated carbocycles. The van der Waals surface area contributed by atoms with Gasteiger partial charge in [-0.25, -0.2) is 19.0 Å². The van der Waals surface area contributed by atoms with E-state index in [2.05, 4.69) is 58.8 Å². The van der Waals surface area contributed by atoms with Crippen molar-refractivity contribution in [1.29, 1.82) is 5.26 Å². The second-order valence-electron chi connectivity index (χ2n) is 15.9. The predicted molar refractivity (Wildman–Crippen MR) is 196 cm³/mol. The first-order valence-electron chi connectivity index (χ1n) is 17.1. The highest BCUT2D eigenvalue weighted by Crippen LogP contribution is 2.49. The first-order valence-corrected chi connectivity index (χ1v) is 22.8. The summed E-state index contributed by atoms with van der Waals surface area (Å²) in [5, 5.41) is 14.2. The van der Waals surface area contributed by atoms with Gasteiger partial charge in [0.15, 0.2) is 5.82 Å². The molecule has 4 heterocycles. The average Bonchev–Trinajstić information content (AvgIpc) is 3.33. The Kier molecular flexibility index (Phi) is 9.95. The van der Waals surface area contributed by atoms with Gasteiger partial charge in [0.05, 0.1) is 46.5 Å². The van der Waals surface area contributed by atoms with Crippen molar-refractivity contribution in [3.63, 3.8) is 0 Å². The van der Waals surface area contributed by atoms with E-state index in [4.69, 9.17) is 14.5 Å². The number of hydrogen-bond acceptors (Lipinski definition) is 8. The van der Waals surface area contributed by atoms with Gasteiger partial charge in [-0.2, -0.15) is 5.26 Å². The summed E-state index contributed by atoms with van der Waals surface area (Å²) in [5.41, 5.74) is 1.56. The number of piperidine rings is 1. The van der Waals surface area contributed by atoms with Gasteiger partial charge < -0.3 is 19.7 Å². The number of nitrogens with one attached hydrogen (secondary N) is 1. The molecule has 1 aromatic carbocycles. The molecule has 2 aliphatic carbocycles. The maximum Gasteiger partial charge on any atom is 0.411 e. The molecule has 0 unspecified atom stereocenters. The van der Waals surface area contributed by atoms with Crippen LogP contribution in [-0.4, -0.2) is 84.2 Å². The van der Waals surface area contributed by atoms with Crippen LogP contribution in [0, 0.1) is 40.8 Å². The van der Waals surface area contributed by atoms with Crippen LogP contribution in [0.4, 0.5) is 19.7 Å². The van der Waals surface area contributed by atoms with Crippen molar-refractivity contribution in [3.05, 3.63) is 27.5 Å². The number of anilines is 1. The SMILES string of the molecule is CSc1nc2c(F)c(Br)c(CCC#N)cc2c(N[C@H]2[C@@H]3C[C@H]2N(C(=O)OC(C)(C)C)C3)c1C#C[C@H]1C[C@H]2C[C@H]2N1C(=O)OCC[Si](C)(C)C. The zero-order chi connectivity index (χ0) is 35.4. The number of carbonyl (C=O) groups excluding carboxylic acids is 2. The van der Waals surface area contributed by atoms with Crippen molar-refractivity contribution in [2.75, 3.05) is 24.7 Å². The molecule has 0 spiro atoms. The number of pyridine rings is 1. The number of aryl methyl sites for hydroxylation is 1. The summed E-state index contributed by atoms with van der Waals surface area (Å²) in [5.74, 6) is 6.95. The highest BCUT2D eigenvalue weighted by atomic mass is 79.9. The largest absolute Gasteiger partial charge is 0.450 e. The molecule has 0 radical (unpaired) electrons. The Morgan fingerprint density at radius 2 is 1.92 bits per heavy atom. The topological polar surface area (TPSA) is 108 Å². The summed E-state index contributed by atoms with van der Waals surface area (Å²) in [6.07, 6.45) is 4.47. The van der Waals surface area contributed by atoms with Gasteiger partial charge in [0.2, 0.25) is 0 Å². The second kappa shape index (κ2) is 13.6. The van der Waals surface area contributed by atoms with Gasteiger partial charge in [0.1, 0.15) is 16.1 Å². The molecule has 5 aliphatic rings. The second-order valence-corrected chi connectivity index (χ2v) is 23.1. The smallest absolute Gasteiger partial charge is 0.411 e. The fraction of sp³-hybridized carbons (Fsp3) is 0.611. The molecule has 2 aromatic rings. The maximum absolute atomic E-state index is 16.0. The van der Waals surface area contributed by atoms with Crippen molar-refractivity contribution < 1.29 is 23.5 Å². The number of nitriles is 1. The molecule has 9 nitrogen and oxygen atoms in total. The molecule has 262 valence electrons. The van der Waals surface area contributed by atoms with Crippen LogP contribution < -0.4 is 5.32 Å². The molecule has 2 amide bonds. The van der Waals surface area contributed by atoms with Gasteiger partial charge in [-0.15, -0.1) is 11.8 Å². The van der Waals surface area contributed by atoms with Crippen LogP contribution >= 0.6 is 27.7 Å². The Morgan fingerprint density at radius 3 is 2.59 bits per heavy atom. The van der Waals surface area contributed by atoms with Crippen LogP contribution in [0.5, 0.6) is 0 Å². The van der Waals surface area contributed by atoms with E-state index in [1.54, 1.807) is 4.90 Å². The molecule has 1 aromatic heterocycles. The number of nitrogens with zero attached hydrogens (tertiary/aromatic N) is 4. The Morgan fingerprint density at radius 1 is 1.18 bits per heavy atom. The van der Waals surface area contributed by atoms with Crippen molar-refractivity contribution in [1.82, 2.24) is 14.8 Å². The zero-order valence-electron chi connectivity index (χ0n) is 29.3. The van der Waals surface area contributed by atoms with E-state index in [0.717, 1.165) is 25.3 Å². The van der Waals surface area contributed by atoms with Crippen LogP contribution in [0.3, 0.4) is 0 Å². The summed E-state index contributed by atoms with van der Waals surface area (Å²) in [4.78, 5) is 34.8. The van der Waals surface area contributed by atoms with E-state index in [-0.39, 0.29) is 54.2 Å². The molecule has 6 atom stereocenters. The van der Waals surface area contributed by atoms with E-state index in [0.29, 0.717) is 57.2 Å². The summed E-state index contributed by atoms with van der Waals surface area (Å²) in [6, 6.07) is 4.66. The van der Waals surface area contributed by atoms with E-state index >= 15 is 4.39 Å². The average molecular weight is 771 g/mol. The number of aromatic nitrogens is 1. The van der Waals surface area contributed by atoms with Crippen LogP contribution in [-0.2, 0) is 15.9 Å². The zero-order valence-corrected chi connectivity index (χ0v) is 32.7. The first-order chi connectivity index (χ1) is 23.1.